The molecular formula is C14H22BrN5O. The van der Waals surface area contributed by atoms with Crippen molar-refractivity contribution >= 4 is 27.7 Å². The van der Waals surface area contributed by atoms with Crippen LogP contribution in [0.15, 0.2) is 16.7 Å². The van der Waals surface area contributed by atoms with Gasteiger partial charge in [0.2, 0.25) is 0 Å². The number of halogens is 1. The summed E-state index contributed by atoms with van der Waals surface area (Å²) in [6.07, 6.45) is 3.96. The fourth-order valence-corrected chi connectivity index (χ4v) is 3.17. The highest BCUT2D eigenvalue weighted by Gasteiger charge is 2.26. The Kier molecular flexibility index (Phi) is 5.55. The third kappa shape index (κ3) is 3.72. The van der Waals surface area contributed by atoms with E-state index in [1.54, 1.807) is 17.2 Å². The van der Waals surface area contributed by atoms with Crippen LogP contribution in [0.1, 0.15) is 30.1 Å². The molecule has 2 rings (SSSR count). The highest BCUT2D eigenvalue weighted by Crippen LogP contribution is 2.21. The lowest BCUT2D eigenvalue weighted by molar-refractivity contribution is 0.0755. The third-order valence-electron chi connectivity index (χ3n) is 3.96. The van der Waals surface area contributed by atoms with Gasteiger partial charge >= 0.3 is 0 Å². The quantitative estimate of drug-likeness (QED) is 0.620. The molecule has 1 aromatic heterocycles. The van der Waals surface area contributed by atoms with E-state index in [1.165, 1.54) is 6.42 Å². The average molecular weight is 356 g/mol. The van der Waals surface area contributed by atoms with Gasteiger partial charge in [-0.05, 0) is 47.9 Å². The second-order valence-corrected chi connectivity index (χ2v) is 6.22. The molecule has 1 aromatic rings. The average Bonchev–Trinajstić information content (AvgIpc) is 2.93. The summed E-state index contributed by atoms with van der Waals surface area (Å²) in [7, 11) is 1.83. The predicted molar refractivity (Wildman–Crippen MR) is 87.0 cm³/mol. The Bertz CT molecular complexity index is 510. The third-order valence-corrected chi connectivity index (χ3v) is 4.39. The van der Waals surface area contributed by atoms with E-state index in [-0.39, 0.29) is 5.91 Å². The van der Waals surface area contributed by atoms with E-state index < -0.39 is 0 Å². The second kappa shape index (κ2) is 7.20. The van der Waals surface area contributed by atoms with Crippen LogP contribution >= 0.6 is 15.9 Å². The highest BCUT2D eigenvalue weighted by atomic mass is 79.9. The van der Waals surface area contributed by atoms with Gasteiger partial charge in [-0.2, -0.15) is 0 Å². The molecule has 1 aliphatic rings. The van der Waals surface area contributed by atoms with Crippen molar-refractivity contribution in [2.75, 3.05) is 32.1 Å². The van der Waals surface area contributed by atoms with Crippen molar-refractivity contribution in [3.63, 3.8) is 0 Å². The zero-order chi connectivity index (χ0) is 15.4. The number of pyridine rings is 1. The van der Waals surface area contributed by atoms with Crippen molar-refractivity contribution in [1.29, 1.82) is 0 Å². The smallest absolute Gasteiger partial charge is 0.257 e. The molecule has 0 saturated carbocycles. The maximum atomic E-state index is 12.6. The van der Waals surface area contributed by atoms with Gasteiger partial charge in [-0.25, -0.2) is 10.8 Å². The summed E-state index contributed by atoms with van der Waals surface area (Å²) in [5, 5.41) is 0. The summed E-state index contributed by atoms with van der Waals surface area (Å²) in [5.41, 5.74) is 2.96. The molecule has 0 radical (unpaired) electrons. The number of nitrogens with two attached hydrogens (primary N) is 1. The number of aromatic nitrogens is 1. The van der Waals surface area contributed by atoms with Gasteiger partial charge in [0.25, 0.3) is 5.91 Å². The minimum atomic E-state index is -0.0697. The van der Waals surface area contributed by atoms with Gasteiger partial charge in [-0.3, -0.25) is 9.69 Å². The summed E-state index contributed by atoms with van der Waals surface area (Å²) in [6.45, 7) is 5.04. The Morgan fingerprint density at radius 2 is 2.43 bits per heavy atom. The van der Waals surface area contributed by atoms with Crippen molar-refractivity contribution in [3.05, 3.63) is 22.3 Å². The standard InChI is InChI=1S/C14H22BrN5O/c1-3-20-6-4-5-11(20)9-19(2)14(21)12-7-10(15)8-17-13(12)18-16/h7-8,11H,3-6,9,16H2,1-2H3,(H,17,18). The molecular weight excluding hydrogens is 334 g/mol. The number of carbonyl (C=O) groups is 1. The molecule has 0 spiro atoms. The molecule has 3 N–H and O–H groups in total. The molecule has 6 nitrogen and oxygen atoms in total. The van der Waals surface area contributed by atoms with Crippen molar-refractivity contribution in [1.82, 2.24) is 14.8 Å². The molecule has 7 heteroatoms. The number of rotatable bonds is 5. The number of likely N-dealkylation sites (N-methyl/N-ethyl adjacent to an activating group) is 2. The van der Waals surface area contributed by atoms with Crippen LogP contribution in [-0.4, -0.2) is 53.4 Å². The van der Waals surface area contributed by atoms with E-state index in [9.17, 15) is 4.79 Å². The number of amides is 1. The fraction of sp³-hybridized carbons (Fsp3) is 0.571. The first kappa shape index (κ1) is 16.2. The molecule has 1 unspecified atom stereocenters. The van der Waals surface area contributed by atoms with E-state index >= 15 is 0 Å². The van der Waals surface area contributed by atoms with Crippen LogP contribution in [0.2, 0.25) is 0 Å². The first-order valence-electron chi connectivity index (χ1n) is 7.18. The Labute approximate surface area is 133 Å². The molecule has 1 saturated heterocycles. The van der Waals surface area contributed by atoms with Crippen LogP contribution in [-0.2, 0) is 0 Å². The molecule has 0 bridgehead atoms. The van der Waals surface area contributed by atoms with Crippen LogP contribution < -0.4 is 11.3 Å². The van der Waals surface area contributed by atoms with Gasteiger partial charge in [0.1, 0.15) is 0 Å². The lowest BCUT2D eigenvalue weighted by atomic mass is 10.1. The van der Waals surface area contributed by atoms with Gasteiger partial charge in [0.15, 0.2) is 5.82 Å². The van der Waals surface area contributed by atoms with Crippen LogP contribution in [0, 0.1) is 0 Å². The summed E-state index contributed by atoms with van der Waals surface area (Å²) < 4.78 is 0.759. The van der Waals surface area contributed by atoms with Crippen LogP contribution in [0.3, 0.4) is 0 Å². The van der Waals surface area contributed by atoms with Crippen molar-refractivity contribution in [2.45, 2.75) is 25.8 Å². The normalized spacial score (nSPS) is 18.8. The number of hydrazine groups is 1. The SMILES string of the molecule is CCN1CCCC1CN(C)C(=O)c1cc(Br)cnc1NN. The summed E-state index contributed by atoms with van der Waals surface area (Å²) in [5.74, 6) is 5.77. The number of nitrogen functional groups attached to an aromatic ring is 1. The molecule has 2 heterocycles. The summed E-state index contributed by atoms with van der Waals surface area (Å²) >= 11 is 3.34. The van der Waals surface area contributed by atoms with Gasteiger partial charge < -0.3 is 10.3 Å². The molecule has 1 atom stereocenters. The summed E-state index contributed by atoms with van der Waals surface area (Å²) in [4.78, 5) is 20.9. The molecule has 0 aromatic carbocycles. The fourth-order valence-electron chi connectivity index (χ4n) is 2.84. The topological polar surface area (TPSA) is 74.5 Å². The van der Waals surface area contributed by atoms with Crippen LogP contribution in [0.4, 0.5) is 5.82 Å². The van der Waals surface area contributed by atoms with E-state index in [2.05, 4.69) is 38.2 Å². The lowest BCUT2D eigenvalue weighted by Crippen LogP contribution is -2.41. The number of nitrogens with one attached hydrogen (secondary N) is 1. The number of hydrogen-bond donors (Lipinski definition) is 2. The minimum Gasteiger partial charge on any atom is -0.340 e. The van der Waals surface area contributed by atoms with E-state index in [4.69, 9.17) is 5.84 Å². The predicted octanol–water partition coefficient (Wildman–Crippen LogP) is 1.69. The van der Waals surface area contributed by atoms with Gasteiger partial charge in [-0.15, -0.1) is 0 Å². The Morgan fingerprint density at radius 3 is 3.10 bits per heavy atom. The summed E-state index contributed by atoms with van der Waals surface area (Å²) in [6, 6.07) is 2.19. The monoisotopic (exact) mass is 355 g/mol. The first-order valence-corrected chi connectivity index (χ1v) is 7.97. The van der Waals surface area contributed by atoms with Gasteiger partial charge in [0.05, 0.1) is 5.56 Å². The van der Waals surface area contributed by atoms with E-state index in [0.29, 0.717) is 17.4 Å². The number of anilines is 1. The zero-order valence-corrected chi connectivity index (χ0v) is 14.1. The molecule has 1 aliphatic heterocycles. The molecule has 21 heavy (non-hydrogen) atoms. The van der Waals surface area contributed by atoms with Gasteiger partial charge in [0, 0.05) is 30.3 Å². The van der Waals surface area contributed by atoms with Crippen molar-refractivity contribution < 1.29 is 4.79 Å². The van der Waals surface area contributed by atoms with Crippen LogP contribution in [0.5, 0.6) is 0 Å². The maximum Gasteiger partial charge on any atom is 0.257 e. The first-order chi connectivity index (χ1) is 10.1. The second-order valence-electron chi connectivity index (χ2n) is 5.30. The van der Waals surface area contributed by atoms with Crippen molar-refractivity contribution in [3.8, 4) is 0 Å². The zero-order valence-electron chi connectivity index (χ0n) is 12.5. The van der Waals surface area contributed by atoms with Crippen molar-refractivity contribution in [2.24, 2.45) is 5.84 Å². The molecule has 1 amide bonds. The molecule has 1 fully saturated rings. The Hall–Kier alpha value is -1.18. The maximum absolute atomic E-state index is 12.6. The van der Waals surface area contributed by atoms with E-state index in [0.717, 1.165) is 30.5 Å². The Morgan fingerprint density at radius 1 is 1.67 bits per heavy atom. The highest BCUT2D eigenvalue weighted by molar-refractivity contribution is 9.10. The minimum absolute atomic E-state index is 0.0697. The number of likely N-dealkylation sites (tertiary alicyclic amines) is 1. The largest absolute Gasteiger partial charge is 0.340 e. The van der Waals surface area contributed by atoms with E-state index in [1.807, 2.05) is 7.05 Å². The molecule has 116 valence electrons. The number of carbonyl (C=O) groups excluding carboxylic acids is 1. The van der Waals surface area contributed by atoms with Crippen LogP contribution in [0.25, 0.3) is 0 Å². The number of nitrogens with zero attached hydrogens (tertiary/aromatic N) is 3. The lowest BCUT2D eigenvalue weighted by Gasteiger charge is -2.28. The van der Waals surface area contributed by atoms with Gasteiger partial charge in [-0.1, -0.05) is 6.92 Å². The molecule has 0 aliphatic carbocycles. The Balaban J connectivity index is 2.10. The number of hydrogen-bond acceptors (Lipinski definition) is 5.